The monoisotopic (exact) mass is 395 g/mol. The maximum Gasteiger partial charge on any atom is 0.191 e. The number of halogens is 1. The van der Waals surface area contributed by atoms with Crippen LogP contribution in [0.15, 0.2) is 42.0 Å². The van der Waals surface area contributed by atoms with E-state index < -0.39 is 0 Å². The molecule has 3 heterocycles. The van der Waals surface area contributed by atoms with Crippen molar-refractivity contribution in [3.63, 3.8) is 0 Å². The largest absolute Gasteiger partial charge is 0.352 e. The van der Waals surface area contributed by atoms with Gasteiger partial charge in [0.1, 0.15) is 12.0 Å². The summed E-state index contributed by atoms with van der Waals surface area (Å²) < 4.78 is 15.1. The Morgan fingerprint density at radius 3 is 2.57 bits per heavy atom. The summed E-state index contributed by atoms with van der Waals surface area (Å²) in [7, 11) is 0. The standard InChI is InChI=1S/C21H22FN5S/c22-18-19(15-4-2-1-3-5-15)23-14-24-20(18)27-10-8-26(9-11-27)12-17-13-28-21(25-17)16-6-7-16/h1-5,13-14,16H,6-12H2. The van der Waals surface area contributed by atoms with E-state index in [1.54, 1.807) is 11.3 Å². The van der Waals surface area contributed by atoms with Gasteiger partial charge in [-0.15, -0.1) is 11.3 Å². The van der Waals surface area contributed by atoms with Gasteiger partial charge in [-0.3, -0.25) is 4.90 Å². The minimum Gasteiger partial charge on any atom is -0.352 e. The van der Waals surface area contributed by atoms with Crippen LogP contribution in [-0.4, -0.2) is 46.0 Å². The first-order valence-corrected chi connectivity index (χ1v) is 10.6. The molecule has 0 amide bonds. The molecule has 144 valence electrons. The Balaban J connectivity index is 1.25. The van der Waals surface area contributed by atoms with Gasteiger partial charge < -0.3 is 4.90 Å². The molecule has 0 bridgehead atoms. The molecule has 5 nitrogen and oxygen atoms in total. The average molecular weight is 396 g/mol. The van der Waals surface area contributed by atoms with Crippen molar-refractivity contribution in [2.75, 3.05) is 31.1 Å². The van der Waals surface area contributed by atoms with Crippen molar-refractivity contribution < 1.29 is 4.39 Å². The first-order chi connectivity index (χ1) is 13.8. The maximum absolute atomic E-state index is 15.1. The number of piperazine rings is 1. The SMILES string of the molecule is Fc1c(-c2ccccc2)ncnc1N1CCN(Cc2csc(C3CC3)n2)CC1. The molecule has 1 aliphatic heterocycles. The predicted octanol–water partition coefficient (Wildman–Crippen LogP) is 3.94. The van der Waals surface area contributed by atoms with Crippen molar-refractivity contribution in [1.82, 2.24) is 19.9 Å². The van der Waals surface area contributed by atoms with Crippen molar-refractivity contribution in [2.45, 2.75) is 25.3 Å². The number of benzene rings is 1. The lowest BCUT2D eigenvalue weighted by Crippen LogP contribution is -2.46. The molecular weight excluding hydrogens is 373 g/mol. The van der Waals surface area contributed by atoms with Gasteiger partial charge >= 0.3 is 0 Å². The summed E-state index contributed by atoms with van der Waals surface area (Å²) in [6.07, 6.45) is 4.05. The van der Waals surface area contributed by atoms with Gasteiger partial charge in [0.25, 0.3) is 0 Å². The number of anilines is 1. The van der Waals surface area contributed by atoms with Crippen LogP contribution in [0.2, 0.25) is 0 Å². The number of hydrogen-bond acceptors (Lipinski definition) is 6. The summed E-state index contributed by atoms with van der Waals surface area (Å²) in [5.41, 5.74) is 2.31. The van der Waals surface area contributed by atoms with Crippen LogP contribution in [0.4, 0.5) is 10.2 Å². The first kappa shape index (κ1) is 17.7. The van der Waals surface area contributed by atoms with Crippen LogP contribution < -0.4 is 4.90 Å². The molecule has 7 heteroatoms. The van der Waals surface area contributed by atoms with Gasteiger partial charge in [0.05, 0.1) is 10.7 Å². The molecule has 1 saturated carbocycles. The van der Waals surface area contributed by atoms with Crippen LogP contribution in [0.25, 0.3) is 11.3 Å². The van der Waals surface area contributed by atoms with Crippen LogP contribution in [0.5, 0.6) is 0 Å². The number of rotatable bonds is 5. The summed E-state index contributed by atoms with van der Waals surface area (Å²) in [6.45, 7) is 4.13. The van der Waals surface area contributed by atoms with Crippen molar-refractivity contribution in [3.05, 3.63) is 58.6 Å². The van der Waals surface area contributed by atoms with Crippen LogP contribution >= 0.6 is 11.3 Å². The summed E-state index contributed by atoms with van der Waals surface area (Å²) in [5.74, 6) is 0.782. The normalized spacial score (nSPS) is 17.8. The van der Waals surface area contributed by atoms with E-state index in [9.17, 15) is 0 Å². The molecule has 1 saturated heterocycles. The zero-order valence-electron chi connectivity index (χ0n) is 15.6. The molecule has 2 aromatic heterocycles. The van der Waals surface area contributed by atoms with Gasteiger partial charge in [0.2, 0.25) is 0 Å². The summed E-state index contributed by atoms with van der Waals surface area (Å²) in [6, 6.07) is 9.44. The van der Waals surface area contributed by atoms with Gasteiger partial charge in [-0.2, -0.15) is 0 Å². The number of hydrogen-bond donors (Lipinski definition) is 0. The van der Waals surface area contributed by atoms with E-state index in [0.717, 1.165) is 44.2 Å². The highest BCUT2D eigenvalue weighted by molar-refractivity contribution is 7.09. The van der Waals surface area contributed by atoms with E-state index in [0.29, 0.717) is 11.5 Å². The zero-order valence-corrected chi connectivity index (χ0v) is 16.4. The Morgan fingerprint density at radius 2 is 1.82 bits per heavy atom. The van der Waals surface area contributed by atoms with Crippen molar-refractivity contribution in [1.29, 1.82) is 0 Å². The molecule has 0 atom stereocenters. The number of aromatic nitrogens is 3. The molecule has 0 N–H and O–H groups in total. The highest BCUT2D eigenvalue weighted by Crippen LogP contribution is 2.41. The minimum absolute atomic E-state index is 0.337. The molecule has 2 aliphatic rings. The average Bonchev–Trinajstić information content (AvgIpc) is 3.49. The lowest BCUT2D eigenvalue weighted by Gasteiger charge is -2.35. The summed E-state index contributed by atoms with van der Waals surface area (Å²) in [5, 5.41) is 3.49. The van der Waals surface area contributed by atoms with Gasteiger partial charge in [-0.25, -0.2) is 19.3 Å². The Bertz CT molecular complexity index is 948. The van der Waals surface area contributed by atoms with Crippen LogP contribution in [0, 0.1) is 5.82 Å². The Labute approximate surface area is 167 Å². The molecule has 3 aromatic rings. The van der Waals surface area contributed by atoms with E-state index >= 15 is 4.39 Å². The minimum atomic E-state index is -0.337. The molecular formula is C21H22FN5S. The third-order valence-corrected chi connectivity index (χ3v) is 6.43. The second-order valence-electron chi connectivity index (χ2n) is 7.44. The lowest BCUT2D eigenvalue weighted by molar-refractivity contribution is 0.246. The molecule has 1 aromatic carbocycles. The van der Waals surface area contributed by atoms with Crippen LogP contribution in [-0.2, 0) is 6.54 Å². The molecule has 1 aliphatic carbocycles. The van der Waals surface area contributed by atoms with E-state index in [1.807, 2.05) is 35.2 Å². The van der Waals surface area contributed by atoms with Crippen molar-refractivity contribution in [2.24, 2.45) is 0 Å². The molecule has 5 rings (SSSR count). The zero-order chi connectivity index (χ0) is 18.9. The highest BCUT2D eigenvalue weighted by Gasteiger charge is 2.27. The van der Waals surface area contributed by atoms with Crippen LogP contribution in [0.3, 0.4) is 0 Å². The fraction of sp³-hybridized carbons (Fsp3) is 0.381. The maximum atomic E-state index is 15.1. The van der Waals surface area contributed by atoms with E-state index in [-0.39, 0.29) is 5.82 Å². The second kappa shape index (κ2) is 7.56. The van der Waals surface area contributed by atoms with Gasteiger partial charge in [0.15, 0.2) is 11.6 Å². The van der Waals surface area contributed by atoms with Gasteiger partial charge in [-0.05, 0) is 12.8 Å². The third kappa shape index (κ3) is 3.64. The Kier molecular flexibility index (Phi) is 4.78. The number of nitrogens with zero attached hydrogens (tertiary/aromatic N) is 5. The molecule has 0 unspecified atom stereocenters. The first-order valence-electron chi connectivity index (χ1n) is 9.75. The van der Waals surface area contributed by atoms with Crippen LogP contribution in [0.1, 0.15) is 29.5 Å². The molecule has 0 spiro atoms. The van der Waals surface area contributed by atoms with E-state index in [1.165, 1.54) is 29.9 Å². The molecule has 28 heavy (non-hydrogen) atoms. The summed E-state index contributed by atoms with van der Waals surface area (Å²) >= 11 is 1.79. The Hall–Kier alpha value is -2.38. The predicted molar refractivity (Wildman–Crippen MR) is 109 cm³/mol. The van der Waals surface area contributed by atoms with Crippen molar-refractivity contribution >= 4 is 17.2 Å². The van der Waals surface area contributed by atoms with E-state index in [4.69, 9.17) is 4.98 Å². The smallest absolute Gasteiger partial charge is 0.191 e. The van der Waals surface area contributed by atoms with Crippen molar-refractivity contribution in [3.8, 4) is 11.3 Å². The number of thiazole rings is 1. The third-order valence-electron chi connectivity index (χ3n) is 5.37. The highest BCUT2D eigenvalue weighted by atomic mass is 32.1. The molecule has 0 radical (unpaired) electrons. The lowest BCUT2D eigenvalue weighted by atomic mass is 10.1. The molecule has 2 fully saturated rings. The van der Waals surface area contributed by atoms with Gasteiger partial charge in [0, 0.05) is 49.6 Å². The topological polar surface area (TPSA) is 45.2 Å². The second-order valence-corrected chi connectivity index (χ2v) is 8.33. The quantitative estimate of drug-likeness (QED) is 0.655. The fourth-order valence-corrected chi connectivity index (χ4v) is 4.62. The fourth-order valence-electron chi connectivity index (χ4n) is 3.64. The van der Waals surface area contributed by atoms with Gasteiger partial charge in [-0.1, -0.05) is 30.3 Å². The van der Waals surface area contributed by atoms with E-state index in [2.05, 4.69) is 20.2 Å². The Morgan fingerprint density at radius 1 is 1.04 bits per heavy atom. The summed E-state index contributed by atoms with van der Waals surface area (Å²) in [4.78, 5) is 17.6.